The minimum atomic E-state index is -1.00. The first-order valence-electron chi connectivity index (χ1n) is 8.20. The van der Waals surface area contributed by atoms with Gasteiger partial charge in [-0.1, -0.05) is 18.2 Å². The van der Waals surface area contributed by atoms with Gasteiger partial charge in [0, 0.05) is 38.4 Å². The third-order valence-corrected chi connectivity index (χ3v) is 4.93. The van der Waals surface area contributed by atoms with E-state index >= 15 is 0 Å². The van der Waals surface area contributed by atoms with Crippen molar-refractivity contribution in [3.05, 3.63) is 30.3 Å². The van der Waals surface area contributed by atoms with Crippen LogP contribution in [0.4, 0.5) is 5.69 Å². The summed E-state index contributed by atoms with van der Waals surface area (Å²) in [7, 11) is 0. The van der Waals surface area contributed by atoms with E-state index in [1.807, 2.05) is 6.07 Å². The highest BCUT2D eigenvalue weighted by atomic mass is 16.4. The van der Waals surface area contributed by atoms with Crippen LogP contribution in [0.15, 0.2) is 30.3 Å². The van der Waals surface area contributed by atoms with Crippen LogP contribution < -0.4 is 4.90 Å². The molecule has 0 bridgehead atoms. The zero-order valence-corrected chi connectivity index (χ0v) is 12.9. The van der Waals surface area contributed by atoms with Crippen molar-refractivity contribution in [2.75, 3.05) is 37.6 Å². The Morgan fingerprint density at radius 2 is 1.50 bits per heavy atom. The van der Waals surface area contributed by atoms with Crippen molar-refractivity contribution in [3.8, 4) is 0 Å². The number of β-amino-alcohol motifs (C(OH)–C–C–N with tert-alkyl or cyclic N) is 2. The minimum absolute atomic E-state index is 0.455. The first-order valence-corrected chi connectivity index (χ1v) is 8.20. The molecule has 0 saturated carbocycles. The maximum atomic E-state index is 9.78. The van der Waals surface area contributed by atoms with Gasteiger partial charge in [-0.2, -0.15) is 0 Å². The fraction of sp³-hybridized carbons (Fsp3) is 0.647. The van der Waals surface area contributed by atoms with Crippen LogP contribution in [0, 0.1) is 5.92 Å². The molecule has 2 fully saturated rings. The number of anilines is 1. The average Bonchev–Trinajstić information content (AvgIpc) is 2.54. The number of likely N-dealkylation sites (tertiary alicyclic amines) is 1. The Morgan fingerprint density at radius 1 is 0.909 bits per heavy atom. The predicted molar refractivity (Wildman–Crippen MR) is 85.8 cm³/mol. The topological polar surface area (TPSA) is 67.2 Å². The minimum Gasteiger partial charge on any atom is -0.389 e. The lowest BCUT2D eigenvalue weighted by molar-refractivity contribution is -0.112. The number of hydrogen-bond donors (Lipinski definition) is 3. The molecular formula is C17H26N2O3. The molecule has 1 aromatic rings. The highest BCUT2D eigenvalue weighted by molar-refractivity contribution is 5.46. The monoisotopic (exact) mass is 306 g/mol. The molecule has 0 aromatic heterocycles. The normalized spacial score (nSPS) is 31.4. The Labute approximate surface area is 131 Å². The van der Waals surface area contributed by atoms with Crippen LogP contribution in [-0.2, 0) is 0 Å². The molecule has 3 N–H and O–H groups in total. The zero-order valence-electron chi connectivity index (χ0n) is 12.9. The zero-order chi connectivity index (χ0) is 15.5. The van der Waals surface area contributed by atoms with Crippen LogP contribution in [0.3, 0.4) is 0 Å². The number of rotatable bonds is 3. The van der Waals surface area contributed by atoms with Crippen molar-refractivity contribution in [1.82, 2.24) is 4.90 Å². The van der Waals surface area contributed by atoms with Gasteiger partial charge in [0.25, 0.3) is 0 Å². The smallest absolute Gasteiger partial charge is 0.108 e. The Bertz CT molecular complexity index is 450. The van der Waals surface area contributed by atoms with Crippen LogP contribution in [0.1, 0.15) is 12.8 Å². The van der Waals surface area contributed by atoms with Gasteiger partial charge in [0.05, 0.1) is 12.2 Å². The van der Waals surface area contributed by atoms with Crippen LogP contribution in [0.25, 0.3) is 0 Å². The molecule has 122 valence electrons. The fourth-order valence-electron chi connectivity index (χ4n) is 3.60. The van der Waals surface area contributed by atoms with Crippen molar-refractivity contribution < 1.29 is 15.3 Å². The van der Waals surface area contributed by atoms with Crippen LogP contribution in [0.5, 0.6) is 0 Å². The molecule has 2 aliphatic heterocycles. The van der Waals surface area contributed by atoms with Crippen LogP contribution >= 0.6 is 0 Å². The number of aliphatic hydroxyl groups excluding tert-OH is 3. The molecule has 5 nitrogen and oxygen atoms in total. The lowest BCUT2D eigenvalue weighted by Crippen LogP contribution is -2.56. The van der Waals surface area contributed by atoms with Gasteiger partial charge in [-0.15, -0.1) is 0 Å². The number of hydrogen-bond acceptors (Lipinski definition) is 5. The van der Waals surface area contributed by atoms with E-state index < -0.39 is 18.3 Å². The molecule has 0 radical (unpaired) electrons. The van der Waals surface area contributed by atoms with Gasteiger partial charge in [0.2, 0.25) is 0 Å². The molecule has 2 heterocycles. The standard InChI is InChI=1S/C17H26N2O3/c20-15-11-18(12-16(21)17(15)22)10-13-6-8-19(9-7-13)14-4-2-1-3-5-14/h1-5,13,15-17,20-22H,6-12H2/t15-,16+,17?. The van der Waals surface area contributed by atoms with E-state index in [2.05, 4.69) is 34.1 Å². The number of benzene rings is 1. The molecule has 3 rings (SSSR count). The summed E-state index contributed by atoms with van der Waals surface area (Å²) in [4.78, 5) is 4.51. The Hall–Kier alpha value is -1.14. The van der Waals surface area contributed by atoms with Gasteiger partial charge < -0.3 is 20.2 Å². The third kappa shape index (κ3) is 3.60. The molecule has 22 heavy (non-hydrogen) atoms. The quantitative estimate of drug-likeness (QED) is 0.749. The summed E-state index contributed by atoms with van der Waals surface area (Å²) in [5.41, 5.74) is 1.29. The second kappa shape index (κ2) is 6.96. The first-order chi connectivity index (χ1) is 10.6. The van der Waals surface area contributed by atoms with Gasteiger partial charge >= 0.3 is 0 Å². The molecule has 1 aromatic carbocycles. The second-order valence-electron chi connectivity index (χ2n) is 6.61. The van der Waals surface area contributed by atoms with Gasteiger partial charge in [-0.05, 0) is 30.9 Å². The molecule has 5 heteroatoms. The van der Waals surface area contributed by atoms with E-state index in [0.29, 0.717) is 19.0 Å². The van der Waals surface area contributed by atoms with Crippen molar-refractivity contribution in [2.45, 2.75) is 31.2 Å². The molecule has 2 saturated heterocycles. The van der Waals surface area contributed by atoms with E-state index in [9.17, 15) is 15.3 Å². The fourth-order valence-corrected chi connectivity index (χ4v) is 3.60. The van der Waals surface area contributed by atoms with Crippen LogP contribution in [0.2, 0.25) is 0 Å². The summed E-state index contributed by atoms with van der Waals surface area (Å²) in [5.74, 6) is 0.592. The summed E-state index contributed by atoms with van der Waals surface area (Å²) in [6.07, 6.45) is -0.433. The number of piperidine rings is 2. The van der Waals surface area contributed by atoms with Crippen LogP contribution in [-0.4, -0.2) is 71.3 Å². The van der Waals surface area contributed by atoms with E-state index in [0.717, 1.165) is 32.5 Å². The van der Waals surface area contributed by atoms with Gasteiger partial charge in [-0.25, -0.2) is 0 Å². The van der Waals surface area contributed by atoms with E-state index in [1.54, 1.807) is 0 Å². The summed E-state index contributed by atoms with van der Waals surface area (Å²) in [5, 5.41) is 29.2. The van der Waals surface area contributed by atoms with E-state index in [1.165, 1.54) is 5.69 Å². The summed E-state index contributed by atoms with van der Waals surface area (Å²) in [6.45, 7) is 3.91. The molecule has 1 unspecified atom stereocenters. The summed E-state index contributed by atoms with van der Waals surface area (Å²) >= 11 is 0. The third-order valence-electron chi connectivity index (χ3n) is 4.93. The van der Waals surface area contributed by atoms with Crippen molar-refractivity contribution >= 4 is 5.69 Å². The predicted octanol–water partition coefficient (Wildman–Crippen LogP) is 0.301. The highest BCUT2D eigenvalue weighted by Crippen LogP contribution is 2.24. The van der Waals surface area contributed by atoms with Gasteiger partial charge in [0.1, 0.15) is 6.10 Å². The molecule has 0 spiro atoms. The number of nitrogens with zero attached hydrogens (tertiary/aromatic N) is 2. The number of aliphatic hydroxyl groups is 3. The van der Waals surface area contributed by atoms with E-state index in [-0.39, 0.29) is 0 Å². The molecule has 3 atom stereocenters. The van der Waals surface area contributed by atoms with Crippen molar-refractivity contribution in [2.24, 2.45) is 5.92 Å². The lowest BCUT2D eigenvalue weighted by atomic mass is 9.93. The first kappa shape index (κ1) is 15.7. The summed E-state index contributed by atoms with van der Waals surface area (Å²) < 4.78 is 0. The molecule has 0 amide bonds. The molecule has 0 aliphatic carbocycles. The Morgan fingerprint density at radius 3 is 2.09 bits per heavy atom. The molecular weight excluding hydrogens is 280 g/mol. The van der Waals surface area contributed by atoms with Crippen molar-refractivity contribution in [3.63, 3.8) is 0 Å². The second-order valence-corrected chi connectivity index (χ2v) is 6.61. The average molecular weight is 306 g/mol. The number of para-hydroxylation sites is 1. The summed E-state index contributed by atoms with van der Waals surface area (Å²) in [6, 6.07) is 10.5. The van der Waals surface area contributed by atoms with Gasteiger partial charge in [-0.3, -0.25) is 4.90 Å². The highest BCUT2D eigenvalue weighted by Gasteiger charge is 2.34. The largest absolute Gasteiger partial charge is 0.389 e. The maximum absolute atomic E-state index is 9.78. The SMILES string of the molecule is OC1[C@H](O)CN(CC2CCN(c3ccccc3)CC2)C[C@@H]1O. The van der Waals surface area contributed by atoms with E-state index in [4.69, 9.17) is 0 Å². The lowest BCUT2D eigenvalue weighted by Gasteiger charge is -2.40. The van der Waals surface area contributed by atoms with Gasteiger partial charge in [0.15, 0.2) is 0 Å². The van der Waals surface area contributed by atoms with Crippen molar-refractivity contribution in [1.29, 1.82) is 0 Å². The Kier molecular flexibility index (Phi) is 4.98. The molecule has 2 aliphatic rings. The maximum Gasteiger partial charge on any atom is 0.108 e. The Balaban J connectivity index is 1.48.